The van der Waals surface area contributed by atoms with Crippen molar-refractivity contribution in [3.63, 3.8) is 0 Å². The number of nitrogens with one attached hydrogen (secondary N) is 1. The van der Waals surface area contributed by atoms with E-state index >= 15 is 0 Å². The first-order valence-corrected chi connectivity index (χ1v) is 7.85. The van der Waals surface area contributed by atoms with Gasteiger partial charge in [0, 0.05) is 12.1 Å². The van der Waals surface area contributed by atoms with Crippen LogP contribution in [-0.2, 0) is 0 Å². The molecule has 0 radical (unpaired) electrons. The van der Waals surface area contributed by atoms with Crippen LogP contribution in [0.4, 0.5) is 15.8 Å². The van der Waals surface area contributed by atoms with E-state index in [9.17, 15) is 19.3 Å². The van der Waals surface area contributed by atoms with Crippen LogP contribution in [0.3, 0.4) is 0 Å². The van der Waals surface area contributed by atoms with Gasteiger partial charge >= 0.3 is 0 Å². The molecule has 0 aliphatic rings. The van der Waals surface area contributed by atoms with Crippen molar-refractivity contribution in [1.82, 2.24) is 0 Å². The van der Waals surface area contributed by atoms with Crippen LogP contribution >= 0.6 is 0 Å². The standard InChI is InChI=1S/C18H19FN2O4/c1-12(2)9-10-25-17-6-4-3-5-14(17)18(22)20-16-11-13(21(23)24)7-8-15(16)19/h3-8,11-12H,9-10H2,1-2H3,(H,20,22). The first kappa shape index (κ1) is 18.4. The number of amides is 1. The van der Waals surface area contributed by atoms with Crippen molar-refractivity contribution >= 4 is 17.3 Å². The van der Waals surface area contributed by atoms with Gasteiger partial charge < -0.3 is 10.1 Å². The molecular weight excluding hydrogens is 327 g/mol. The molecule has 0 spiro atoms. The highest BCUT2D eigenvalue weighted by molar-refractivity contribution is 6.06. The van der Waals surface area contributed by atoms with E-state index in [2.05, 4.69) is 19.2 Å². The van der Waals surface area contributed by atoms with Gasteiger partial charge in [0.05, 0.1) is 22.8 Å². The van der Waals surface area contributed by atoms with E-state index in [0.29, 0.717) is 18.3 Å². The zero-order valence-electron chi connectivity index (χ0n) is 14.0. The number of carbonyl (C=O) groups excluding carboxylic acids is 1. The molecule has 0 aliphatic carbocycles. The number of halogens is 1. The zero-order valence-corrected chi connectivity index (χ0v) is 14.0. The molecule has 132 valence electrons. The Hall–Kier alpha value is -2.96. The van der Waals surface area contributed by atoms with Gasteiger partial charge in [-0.05, 0) is 30.5 Å². The Balaban J connectivity index is 2.19. The molecule has 2 aromatic carbocycles. The molecule has 0 bridgehead atoms. The predicted octanol–water partition coefficient (Wildman–Crippen LogP) is 4.41. The van der Waals surface area contributed by atoms with Gasteiger partial charge in [-0.25, -0.2) is 4.39 Å². The summed E-state index contributed by atoms with van der Waals surface area (Å²) in [7, 11) is 0. The average molecular weight is 346 g/mol. The first-order chi connectivity index (χ1) is 11.9. The minimum atomic E-state index is -0.753. The average Bonchev–Trinajstić information content (AvgIpc) is 2.56. The van der Waals surface area contributed by atoms with Gasteiger partial charge in [-0.15, -0.1) is 0 Å². The van der Waals surface area contributed by atoms with Crippen molar-refractivity contribution in [2.75, 3.05) is 11.9 Å². The zero-order chi connectivity index (χ0) is 18.4. The van der Waals surface area contributed by atoms with Gasteiger partial charge in [0.25, 0.3) is 11.6 Å². The van der Waals surface area contributed by atoms with Crippen molar-refractivity contribution in [2.24, 2.45) is 5.92 Å². The minimum Gasteiger partial charge on any atom is -0.493 e. The highest BCUT2D eigenvalue weighted by Gasteiger charge is 2.17. The van der Waals surface area contributed by atoms with Crippen LogP contribution in [0, 0.1) is 21.8 Å². The van der Waals surface area contributed by atoms with Crippen LogP contribution in [0.25, 0.3) is 0 Å². The molecule has 0 aliphatic heterocycles. The third-order valence-electron chi connectivity index (χ3n) is 3.49. The van der Waals surface area contributed by atoms with Crippen LogP contribution in [0.1, 0.15) is 30.6 Å². The van der Waals surface area contributed by atoms with Gasteiger partial charge in [0.1, 0.15) is 11.6 Å². The maximum atomic E-state index is 13.8. The summed E-state index contributed by atoms with van der Waals surface area (Å²) >= 11 is 0. The molecule has 0 unspecified atom stereocenters. The van der Waals surface area contributed by atoms with Crippen molar-refractivity contribution < 1.29 is 18.8 Å². The van der Waals surface area contributed by atoms with Gasteiger partial charge in [0.15, 0.2) is 0 Å². The number of rotatable bonds is 7. The molecule has 0 heterocycles. The number of hydrogen-bond donors (Lipinski definition) is 1. The molecule has 0 atom stereocenters. The Morgan fingerprint density at radius 3 is 2.68 bits per heavy atom. The van der Waals surface area contributed by atoms with Crippen LogP contribution in [0.15, 0.2) is 42.5 Å². The van der Waals surface area contributed by atoms with Crippen LogP contribution in [-0.4, -0.2) is 17.4 Å². The molecule has 1 amide bonds. The fourth-order valence-corrected chi connectivity index (χ4v) is 2.10. The number of nitro groups is 1. The van der Waals surface area contributed by atoms with Crippen molar-refractivity contribution in [2.45, 2.75) is 20.3 Å². The van der Waals surface area contributed by atoms with Gasteiger partial charge in [-0.3, -0.25) is 14.9 Å². The molecule has 2 rings (SSSR count). The molecule has 0 saturated carbocycles. The van der Waals surface area contributed by atoms with Crippen LogP contribution < -0.4 is 10.1 Å². The van der Waals surface area contributed by atoms with E-state index in [1.54, 1.807) is 24.3 Å². The van der Waals surface area contributed by atoms with Crippen molar-refractivity contribution in [1.29, 1.82) is 0 Å². The lowest BCUT2D eigenvalue weighted by Crippen LogP contribution is -2.15. The topological polar surface area (TPSA) is 81.5 Å². The molecule has 6 nitrogen and oxygen atoms in total. The highest BCUT2D eigenvalue weighted by atomic mass is 19.1. The molecule has 0 aromatic heterocycles. The van der Waals surface area contributed by atoms with E-state index in [1.165, 1.54) is 0 Å². The second-order valence-corrected chi connectivity index (χ2v) is 5.90. The van der Waals surface area contributed by atoms with E-state index in [4.69, 9.17) is 4.74 Å². The summed E-state index contributed by atoms with van der Waals surface area (Å²) in [6.07, 6.45) is 0.829. The number of ether oxygens (including phenoxy) is 1. The Kier molecular flexibility index (Phi) is 6.05. The number of carbonyl (C=O) groups is 1. The second kappa shape index (κ2) is 8.23. The number of para-hydroxylation sites is 1. The summed E-state index contributed by atoms with van der Waals surface area (Å²) in [6, 6.07) is 9.56. The summed E-state index contributed by atoms with van der Waals surface area (Å²) in [4.78, 5) is 22.6. The lowest BCUT2D eigenvalue weighted by Gasteiger charge is -2.13. The minimum absolute atomic E-state index is 0.233. The molecule has 0 fully saturated rings. The first-order valence-electron chi connectivity index (χ1n) is 7.85. The van der Waals surface area contributed by atoms with Gasteiger partial charge in [-0.1, -0.05) is 26.0 Å². The number of nitrogens with zero attached hydrogens (tertiary/aromatic N) is 1. The van der Waals surface area contributed by atoms with E-state index in [1.807, 2.05) is 0 Å². The largest absolute Gasteiger partial charge is 0.493 e. The third-order valence-corrected chi connectivity index (χ3v) is 3.49. The monoisotopic (exact) mass is 346 g/mol. The summed E-state index contributed by atoms with van der Waals surface area (Å²) < 4.78 is 19.5. The lowest BCUT2D eigenvalue weighted by molar-refractivity contribution is -0.384. The summed E-state index contributed by atoms with van der Waals surface area (Å²) in [5.74, 6) is -0.511. The second-order valence-electron chi connectivity index (χ2n) is 5.90. The van der Waals surface area contributed by atoms with E-state index in [-0.39, 0.29) is 16.9 Å². The van der Waals surface area contributed by atoms with Crippen molar-refractivity contribution in [3.8, 4) is 5.75 Å². The predicted molar refractivity (Wildman–Crippen MR) is 92.4 cm³/mol. The summed E-state index contributed by atoms with van der Waals surface area (Å²) in [5, 5.41) is 13.2. The Labute approximate surface area is 144 Å². The number of nitro benzene ring substituents is 1. The lowest BCUT2D eigenvalue weighted by atomic mass is 10.1. The summed E-state index contributed by atoms with van der Waals surface area (Å²) in [5.41, 5.74) is -0.327. The highest BCUT2D eigenvalue weighted by Crippen LogP contribution is 2.24. The number of benzene rings is 2. The maximum Gasteiger partial charge on any atom is 0.271 e. The number of anilines is 1. The fraction of sp³-hybridized carbons (Fsp3) is 0.278. The fourth-order valence-electron chi connectivity index (χ4n) is 2.10. The molecule has 0 saturated heterocycles. The smallest absolute Gasteiger partial charge is 0.271 e. The normalized spacial score (nSPS) is 10.6. The Morgan fingerprint density at radius 1 is 1.28 bits per heavy atom. The van der Waals surface area contributed by atoms with Gasteiger partial charge in [-0.2, -0.15) is 0 Å². The number of non-ortho nitro benzene ring substituents is 1. The van der Waals surface area contributed by atoms with Gasteiger partial charge in [0.2, 0.25) is 0 Å². The van der Waals surface area contributed by atoms with Crippen LogP contribution in [0.2, 0.25) is 0 Å². The quantitative estimate of drug-likeness (QED) is 0.595. The third kappa shape index (κ3) is 5.00. The maximum absolute atomic E-state index is 13.8. The van der Waals surface area contributed by atoms with E-state index < -0.39 is 16.6 Å². The Morgan fingerprint density at radius 2 is 2.00 bits per heavy atom. The molecular formula is C18H19FN2O4. The molecule has 25 heavy (non-hydrogen) atoms. The van der Waals surface area contributed by atoms with E-state index in [0.717, 1.165) is 24.6 Å². The SMILES string of the molecule is CC(C)CCOc1ccccc1C(=O)Nc1cc([N+](=O)[O-])ccc1F. The number of hydrogen-bond acceptors (Lipinski definition) is 4. The van der Waals surface area contributed by atoms with Crippen LogP contribution in [0.5, 0.6) is 5.75 Å². The Bertz CT molecular complexity index is 777. The molecule has 1 N–H and O–H groups in total. The molecule has 2 aromatic rings. The molecule has 7 heteroatoms. The summed E-state index contributed by atoms with van der Waals surface area (Å²) in [6.45, 7) is 4.58. The van der Waals surface area contributed by atoms with Crippen molar-refractivity contribution in [3.05, 3.63) is 64.0 Å².